The topological polar surface area (TPSA) is 75.6 Å². The molecule has 0 saturated carbocycles. The number of terminal acetylenes is 1. The summed E-state index contributed by atoms with van der Waals surface area (Å²) in [5.41, 5.74) is -0.221. The van der Waals surface area contributed by atoms with Crippen LogP contribution in [0.1, 0.15) is 37.7 Å². The third-order valence-electron chi connectivity index (χ3n) is 10.4. The van der Waals surface area contributed by atoms with E-state index in [2.05, 4.69) is 31.0 Å². The van der Waals surface area contributed by atoms with Crippen molar-refractivity contribution in [2.24, 2.45) is 0 Å². The number of hydrogen-bond acceptors (Lipinski definition) is 8. The molecular formula is C35H35F3N6O2. The lowest BCUT2D eigenvalue weighted by Crippen LogP contribution is -2.61. The van der Waals surface area contributed by atoms with Gasteiger partial charge in [-0.1, -0.05) is 30.2 Å². The number of aromatic nitrogens is 3. The van der Waals surface area contributed by atoms with Crippen LogP contribution in [0.5, 0.6) is 6.01 Å². The molecule has 238 valence electrons. The Labute approximate surface area is 265 Å². The van der Waals surface area contributed by atoms with E-state index in [9.17, 15) is 8.78 Å². The second-order valence-electron chi connectivity index (χ2n) is 13.3. The van der Waals surface area contributed by atoms with E-state index in [0.717, 1.165) is 32.2 Å². The Bertz CT molecular complexity index is 1900. The van der Waals surface area contributed by atoms with Gasteiger partial charge in [-0.2, -0.15) is 9.97 Å². The molecule has 6 heterocycles. The third kappa shape index (κ3) is 4.69. The minimum absolute atomic E-state index is 0.00339. The number of piperazine rings is 1. The van der Waals surface area contributed by atoms with Crippen LogP contribution in [0.3, 0.4) is 0 Å². The summed E-state index contributed by atoms with van der Waals surface area (Å²) in [6.07, 6.45) is 10.5. The maximum absolute atomic E-state index is 16.9. The number of fused-ring (bicyclic) bond motifs is 5. The molecule has 2 aromatic heterocycles. The van der Waals surface area contributed by atoms with E-state index in [0.29, 0.717) is 60.2 Å². The van der Waals surface area contributed by atoms with Crippen LogP contribution in [-0.2, 0) is 4.74 Å². The molecule has 11 heteroatoms. The van der Waals surface area contributed by atoms with E-state index in [1.165, 1.54) is 6.07 Å². The molecule has 0 unspecified atom stereocenters. The second kappa shape index (κ2) is 11.1. The Morgan fingerprint density at radius 1 is 1.13 bits per heavy atom. The second-order valence-corrected chi connectivity index (χ2v) is 13.3. The highest BCUT2D eigenvalue weighted by Crippen LogP contribution is 2.42. The zero-order chi connectivity index (χ0) is 31.6. The summed E-state index contributed by atoms with van der Waals surface area (Å²) in [4.78, 5) is 18.4. The fourth-order valence-electron chi connectivity index (χ4n) is 8.44. The number of methoxy groups -OCH3 is 1. The average molecular weight is 629 g/mol. The highest BCUT2D eigenvalue weighted by atomic mass is 19.1. The van der Waals surface area contributed by atoms with Crippen LogP contribution >= 0.6 is 0 Å². The van der Waals surface area contributed by atoms with Crippen molar-refractivity contribution < 1.29 is 22.6 Å². The lowest BCUT2D eigenvalue weighted by atomic mass is 9.95. The van der Waals surface area contributed by atoms with Gasteiger partial charge < -0.3 is 19.7 Å². The quantitative estimate of drug-likeness (QED) is 0.286. The molecule has 0 amide bonds. The van der Waals surface area contributed by atoms with Crippen molar-refractivity contribution >= 4 is 27.5 Å². The van der Waals surface area contributed by atoms with Gasteiger partial charge in [-0.05, 0) is 43.7 Å². The largest absolute Gasteiger partial charge is 0.461 e. The molecule has 2 bridgehead atoms. The Kier molecular flexibility index (Phi) is 7.08. The van der Waals surface area contributed by atoms with Crippen LogP contribution in [-0.4, -0.2) is 89.6 Å². The zero-order valence-electron chi connectivity index (χ0n) is 25.7. The summed E-state index contributed by atoms with van der Waals surface area (Å²) >= 11 is 0. The Morgan fingerprint density at radius 2 is 2.02 bits per heavy atom. The zero-order valence-corrected chi connectivity index (χ0v) is 25.7. The summed E-state index contributed by atoms with van der Waals surface area (Å²) in [5.74, 6) is 1.71. The number of anilines is 1. The van der Waals surface area contributed by atoms with Gasteiger partial charge in [-0.15, -0.1) is 6.42 Å². The van der Waals surface area contributed by atoms with Crippen molar-refractivity contribution in [2.75, 3.05) is 51.4 Å². The maximum atomic E-state index is 16.9. The monoisotopic (exact) mass is 628 g/mol. The van der Waals surface area contributed by atoms with Crippen LogP contribution in [0.15, 0.2) is 36.5 Å². The Morgan fingerprint density at radius 3 is 2.87 bits per heavy atom. The molecule has 4 aliphatic heterocycles. The molecule has 1 N–H and O–H groups in total. The van der Waals surface area contributed by atoms with Crippen molar-refractivity contribution in [2.45, 2.75) is 55.4 Å². The normalized spacial score (nSPS) is 27.4. The maximum Gasteiger partial charge on any atom is 0.319 e. The molecular weight excluding hydrogens is 593 g/mol. The fourth-order valence-corrected chi connectivity index (χ4v) is 8.44. The van der Waals surface area contributed by atoms with Crippen LogP contribution in [0.4, 0.5) is 19.0 Å². The van der Waals surface area contributed by atoms with E-state index in [1.54, 1.807) is 37.6 Å². The number of halogens is 3. The molecule has 0 aliphatic carbocycles. The summed E-state index contributed by atoms with van der Waals surface area (Å²) in [6, 6.07) is 8.42. The van der Waals surface area contributed by atoms with Crippen molar-refractivity contribution in [3.8, 4) is 29.6 Å². The minimum atomic E-state index is -0.908. The molecule has 46 heavy (non-hydrogen) atoms. The standard InChI is InChI=1S/C35H35F3N6O2/c1-3-24-27(37)9-8-21-6-4-7-25(28(21)24)30-29(38)31-26(15-39-30)32(43-17-23-10-12-34(18-43,42-23)19-45-2)41-33(40-31)46-20-35-11-5-13-44(35)16-22(36)14-35/h1,4,6-9,15,22-23,42H,5,10-14,16-20H2,2H3/t22-,23+,34-,35+/m1/s1. The predicted molar refractivity (Wildman–Crippen MR) is 170 cm³/mol. The Balaban J connectivity index is 1.26. The van der Waals surface area contributed by atoms with Gasteiger partial charge >= 0.3 is 6.01 Å². The number of hydrogen-bond donors (Lipinski definition) is 1. The average Bonchev–Trinajstić information content (AvgIpc) is 3.68. The van der Waals surface area contributed by atoms with Crippen molar-refractivity contribution in [1.29, 1.82) is 0 Å². The molecule has 4 fully saturated rings. The first-order valence-electron chi connectivity index (χ1n) is 15.9. The Hall–Kier alpha value is -3.98. The van der Waals surface area contributed by atoms with E-state index in [1.807, 2.05) is 0 Å². The summed E-state index contributed by atoms with van der Waals surface area (Å²) in [5, 5.41) is 5.23. The summed E-state index contributed by atoms with van der Waals surface area (Å²) in [7, 11) is 1.69. The molecule has 8 rings (SSSR count). The van der Waals surface area contributed by atoms with Crippen LogP contribution < -0.4 is 15.0 Å². The molecule has 4 aromatic rings. The highest BCUT2D eigenvalue weighted by Gasteiger charge is 2.50. The molecule has 2 aromatic carbocycles. The molecule has 0 radical (unpaired) electrons. The highest BCUT2D eigenvalue weighted by molar-refractivity contribution is 6.02. The molecule has 0 spiro atoms. The molecule has 4 aliphatic rings. The lowest BCUT2D eigenvalue weighted by Gasteiger charge is -2.41. The number of rotatable bonds is 7. The van der Waals surface area contributed by atoms with Crippen LogP contribution in [0, 0.1) is 24.0 Å². The van der Waals surface area contributed by atoms with Crippen LogP contribution in [0.25, 0.3) is 32.9 Å². The number of nitrogens with one attached hydrogen (secondary N) is 1. The first kappa shape index (κ1) is 29.4. The van der Waals surface area contributed by atoms with E-state index in [-0.39, 0.29) is 41.0 Å². The van der Waals surface area contributed by atoms with Crippen molar-refractivity contribution in [1.82, 2.24) is 25.2 Å². The van der Waals surface area contributed by atoms with E-state index < -0.39 is 23.3 Å². The van der Waals surface area contributed by atoms with Gasteiger partial charge in [0.1, 0.15) is 35.6 Å². The van der Waals surface area contributed by atoms with Gasteiger partial charge in [0.15, 0.2) is 5.82 Å². The predicted octanol–water partition coefficient (Wildman–Crippen LogP) is 5.02. The van der Waals surface area contributed by atoms with Gasteiger partial charge in [-0.3, -0.25) is 9.88 Å². The van der Waals surface area contributed by atoms with Crippen molar-refractivity contribution in [3.63, 3.8) is 0 Å². The van der Waals surface area contributed by atoms with Gasteiger partial charge in [-0.25, -0.2) is 13.2 Å². The summed E-state index contributed by atoms with van der Waals surface area (Å²) < 4.78 is 58.1. The SMILES string of the molecule is C#Cc1c(F)ccc2cccc(-c3ncc4c(N5C[C@@H]6CC[C@](COC)(C5)N6)nc(OC[C@@]56CCCN5C[C@H](F)C6)nc4c3F)c12. The molecule has 8 nitrogen and oxygen atoms in total. The molecule has 4 atom stereocenters. The summed E-state index contributed by atoms with van der Waals surface area (Å²) in [6.45, 7) is 3.22. The minimum Gasteiger partial charge on any atom is -0.461 e. The van der Waals surface area contributed by atoms with Gasteiger partial charge in [0.25, 0.3) is 0 Å². The fraction of sp³-hybridized carbons (Fsp3) is 0.457. The first-order chi connectivity index (χ1) is 22.3. The van der Waals surface area contributed by atoms with E-state index in [4.69, 9.17) is 20.9 Å². The van der Waals surface area contributed by atoms with Gasteiger partial charge in [0.05, 0.1) is 28.6 Å². The number of pyridine rings is 1. The number of ether oxygens (including phenoxy) is 2. The lowest BCUT2D eigenvalue weighted by molar-refractivity contribution is 0.107. The van der Waals surface area contributed by atoms with Crippen molar-refractivity contribution in [3.05, 3.63) is 53.7 Å². The van der Waals surface area contributed by atoms with Crippen LogP contribution in [0.2, 0.25) is 0 Å². The van der Waals surface area contributed by atoms with Gasteiger partial charge in [0.2, 0.25) is 0 Å². The smallest absolute Gasteiger partial charge is 0.319 e. The van der Waals surface area contributed by atoms with E-state index >= 15 is 4.39 Å². The molecule has 4 saturated heterocycles. The number of nitrogens with zero attached hydrogens (tertiary/aromatic N) is 5. The number of benzene rings is 2. The van der Waals surface area contributed by atoms with Gasteiger partial charge in [0, 0.05) is 56.4 Å². The third-order valence-corrected chi connectivity index (χ3v) is 10.4. The first-order valence-corrected chi connectivity index (χ1v) is 15.9. The number of alkyl halides is 1.